The smallest absolute Gasteiger partial charge is 0.266 e. The minimum absolute atomic E-state index is 0.193. The predicted octanol–water partition coefficient (Wildman–Crippen LogP) is 7.59. The number of nitrogens with one attached hydrogen (secondary N) is 1. The molecule has 202 valence electrons. The van der Waals surface area contributed by atoms with Crippen molar-refractivity contribution < 1.29 is 14.3 Å². The molecule has 2 fully saturated rings. The Morgan fingerprint density at radius 1 is 1.15 bits per heavy atom. The number of anilines is 1. The fourth-order valence-corrected chi connectivity index (χ4v) is 7.19. The number of hydrogen-bond acceptors (Lipinski definition) is 7. The number of carbonyl (C=O) groups excluding carboxylic acids is 2. The third-order valence-electron chi connectivity index (χ3n) is 6.33. The number of rotatable bonds is 8. The van der Waals surface area contributed by atoms with Gasteiger partial charge in [-0.25, -0.2) is 4.98 Å². The van der Waals surface area contributed by atoms with Crippen molar-refractivity contribution in [1.82, 2.24) is 9.88 Å². The quantitative estimate of drug-likeness (QED) is 0.207. The van der Waals surface area contributed by atoms with Crippen LogP contribution in [0.25, 0.3) is 6.08 Å². The molecule has 6 nitrogen and oxygen atoms in total. The molecule has 0 atom stereocenters. The van der Waals surface area contributed by atoms with Crippen LogP contribution >= 0.6 is 58.5 Å². The minimum atomic E-state index is -0.375. The molecule has 5 rings (SSSR count). The largest absolute Gasteiger partial charge is 0.490 e. The number of aromatic nitrogens is 1. The lowest BCUT2D eigenvalue weighted by Gasteiger charge is -2.23. The summed E-state index contributed by atoms with van der Waals surface area (Å²) >= 11 is 20.2. The van der Waals surface area contributed by atoms with Crippen molar-refractivity contribution in [1.29, 1.82) is 0 Å². The zero-order chi connectivity index (χ0) is 27.4. The molecule has 1 aliphatic carbocycles. The molecule has 1 saturated carbocycles. The number of amides is 2. The van der Waals surface area contributed by atoms with E-state index in [-0.39, 0.29) is 24.5 Å². The van der Waals surface area contributed by atoms with Crippen LogP contribution in [0.15, 0.2) is 53.6 Å². The maximum absolute atomic E-state index is 13.2. The molecule has 2 aliphatic rings. The molecular weight excluding hydrogens is 593 g/mol. The maximum atomic E-state index is 13.2. The van der Waals surface area contributed by atoms with E-state index in [9.17, 15) is 9.59 Å². The molecule has 0 bridgehead atoms. The molecule has 39 heavy (non-hydrogen) atoms. The van der Waals surface area contributed by atoms with Gasteiger partial charge in [-0.1, -0.05) is 71.8 Å². The van der Waals surface area contributed by atoms with E-state index in [4.69, 9.17) is 40.2 Å². The van der Waals surface area contributed by atoms with Crippen molar-refractivity contribution in [2.24, 2.45) is 0 Å². The molecule has 0 spiro atoms. The molecule has 1 saturated heterocycles. The Hall–Kier alpha value is -2.43. The van der Waals surface area contributed by atoms with Crippen LogP contribution in [0.3, 0.4) is 0 Å². The van der Waals surface area contributed by atoms with E-state index < -0.39 is 0 Å². The normalized spacial score (nSPS) is 17.2. The van der Waals surface area contributed by atoms with Crippen molar-refractivity contribution in [2.45, 2.75) is 44.6 Å². The van der Waals surface area contributed by atoms with Crippen molar-refractivity contribution in [3.63, 3.8) is 0 Å². The summed E-state index contributed by atoms with van der Waals surface area (Å²) in [6, 6.07) is 13.1. The monoisotopic (exact) mass is 617 g/mol. The summed E-state index contributed by atoms with van der Waals surface area (Å²) in [4.78, 5) is 32.9. The molecule has 0 unspecified atom stereocenters. The van der Waals surface area contributed by atoms with E-state index in [1.807, 2.05) is 36.4 Å². The van der Waals surface area contributed by atoms with E-state index in [0.29, 0.717) is 30.8 Å². The average molecular weight is 619 g/mol. The SMILES string of the molecule is O=C(CN1C(=O)/C(=C/c2ccccc2OC2CCCCC2)SC1=S)Nc1ncc(Cc2cc(Cl)cc(Cl)c2)s1. The highest BCUT2D eigenvalue weighted by molar-refractivity contribution is 8.26. The summed E-state index contributed by atoms with van der Waals surface area (Å²) in [5.74, 6) is 0.0811. The molecule has 3 aromatic rings. The van der Waals surface area contributed by atoms with Crippen LogP contribution in [-0.2, 0) is 16.0 Å². The van der Waals surface area contributed by atoms with Gasteiger partial charge < -0.3 is 10.1 Å². The average Bonchev–Trinajstić information content (AvgIpc) is 3.43. The first kappa shape index (κ1) is 28.1. The molecule has 2 aromatic carbocycles. The third kappa shape index (κ3) is 7.41. The standard InChI is InChI=1S/C28H25Cl2N3O3S3/c29-19-10-17(11-20(30)14-19)12-22-15-31-27(38-22)32-25(34)16-33-26(35)24(39-28(33)37)13-18-6-4-5-9-23(18)36-21-7-2-1-3-8-21/h4-6,9-11,13-15,21H,1-3,7-8,12,16H2,(H,31,32,34)/b24-13-. The van der Waals surface area contributed by atoms with Crippen molar-refractivity contribution >= 4 is 85.9 Å². The van der Waals surface area contributed by atoms with Crippen LogP contribution in [-0.4, -0.2) is 38.7 Å². The van der Waals surface area contributed by atoms with Gasteiger partial charge in [0.05, 0.1) is 11.0 Å². The lowest BCUT2D eigenvalue weighted by atomic mass is 9.97. The summed E-state index contributed by atoms with van der Waals surface area (Å²) in [6.45, 7) is -0.193. The highest BCUT2D eigenvalue weighted by Gasteiger charge is 2.34. The van der Waals surface area contributed by atoms with Crippen LogP contribution in [0.1, 0.15) is 48.1 Å². The van der Waals surface area contributed by atoms with Gasteiger partial charge in [-0.2, -0.15) is 0 Å². The first-order valence-corrected chi connectivity index (χ1v) is 15.3. The van der Waals surface area contributed by atoms with E-state index in [2.05, 4.69) is 10.3 Å². The second-order valence-electron chi connectivity index (χ2n) is 9.32. The second kappa shape index (κ2) is 12.8. The summed E-state index contributed by atoms with van der Waals surface area (Å²) in [7, 11) is 0. The Balaban J connectivity index is 1.21. The molecule has 2 heterocycles. The highest BCUT2D eigenvalue weighted by atomic mass is 35.5. The number of halogens is 2. The van der Waals surface area contributed by atoms with Gasteiger partial charge in [0.1, 0.15) is 16.6 Å². The Bertz CT molecular complexity index is 1420. The first-order valence-electron chi connectivity index (χ1n) is 12.5. The molecule has 2 amide bonds. The van der Waals surface area contributed by atoms with E-state index in [1.165, 1.54) is 47.3 Å². The number of thiocarbonyl (C=S) groups is 1. The topological polar surface area (TPSA) is 71.5 Å². The Kier molecular flexibility index (Phi) is 9.25. The molecule has 0 radical (unpaired) electrons. The van der Waals surface area contributed by atoms with Gasteiger partial charge in [-0.05, 0) is 61.6 Å². The van der Waals surface area contributed by atoms with Gasteiger partial charge in [0.25, 0.3) is 5.91 Å². The summed E-state index contributed by atoms with van der Waals surface area (Å²) in [5, 5.41) is 4.34. The number of thiazole rings is 1. The Labute approximate surface area is 250 Å². The minimum Gasteiger partial charge on any atom is -0.490 e. The zero-order valence-electron chi connectivity index (χ0n) is 20.8. The number of para-hydroxylation sites is 1. The number of ether oxygens (including phenoxy) is 1. The van der Waals surface area contributed by atoms with Crippen LogP contribution in [0.2, 0.25) is 10.0 Å². The summed E-state index contributed by atoms with van der Waals surface area (Å²) < 4.78 is 6.61. The molecule has 1 aromatic heterocycles. The molecule has 11 heteroatoms. The Morgan fingerprint density at radius 2 is 1.90 bits per heavy atom. The predicted molar refractivity (Wildman–Crippen MR) is 164 cm³/mol. The van der Waals surface area contributed by atoms with E-state index in [0.717, 1.165) is 34.6 Å². The molecule has 1 N–H and O–H groups in total. The van der Waals surface area contributed by atoms with Crippen molar-refractivity contribution in [2.75, 3.05) is 11.9 Å². The van der Waals surface area contributed by atoms with Crippen LogP contribution in [0, 0.1) is 0 Å². The van der Waals surface area contributed by atoms with Gasteiger partial charge in [-0.3, -0.25) is 14.5 Å². The number of carbonyl (C=O) groups is 2. The van der Waals surface area contributed by atoms with E-state index >= 15 is 0 Å². The maximum Gasteiger partial charge on any atom is 0.266 e. The molecular formula is C28H25Cl2N3O3S3. The fourth-order valence-electron chi connectivity index (χ4n) is 4.51. The van der Waals surface area contributed by atoms with Gasteiger partial charge in [-0.15, -0.1) is 11.3 Å². The molecule has 1 aliphatic heterocycles. The van der Waals surface area contributed by atoms with Gasteiger partial charge in [0, 0.05) is 33.1 Å². The van der Waals surface area contributed by atoms with Crippen molar-refractivity contribution in [3.8, 4) is 5.75 Å². The third-order valence-corrected chi connectivity index (χ3v) is 9.05. The van der Waals surface area contributed by atoms with Crippen molar-refractivity contribution in [3.05, 3.63) is 79.6 Å². The number of hydrogen-bond donors (Lipinski definition) is 1. The van der Waals surface area contributed by atoms with Crippen LogP contribution < -0.4 is 10.1 Å². The lowest BCUT2D eigenvalue weighted by Crippen LogP contribution is -2.36. The summed E-state index contributed by atoms with van der Waals surface area (Å²) in [6.07, 6.45) is 9.95. The van der Waals surface area contributed by atoms with Gasteiger partial charge >= 0.3 is 0 Å². The second-order valence-corrected chi connectivity index (χ2v) is 13.0. The van der Waals surface area contributed by atoms with E-state index in [1.54, 1.807) is 18.3 Å². The fraction of sp³-hybridized carbons (Fsp3) is 0.286. The van der Waals surface area contributed by atoms with Crippen LogP contribution in [0.5, 0.6) is 5.75 Å². The Morgan fingerprint density at radius 3 is 2.67 bits per heavy atom. The lowest BCUT2D eigenvalue weighted by molar-refractivity contribution is -0.126. The van der Waals surface area contributed by atoms with Gasteiger partial charge in [0.15, 0.2) is 5.13 Å². The number of thioether (sulfide) groups is 1. The number of benzene rings is 2. The van der Waals surface area contributed by atoms with Gasteiger partial charge in [0.2, 0.25) is 5.91 Å². The highest BCUT2D eigenvalue weighted by Crippen LogP contribution is 2.35. The summed E-state index contributed by atoms with van der Waals surface area (Å²) in [5.41, 5.74) is 1.77. The zero-order valence-corrected chi connectivity index (χ0v) is 24.8. The van der Waals surface area contributed by atoms with Crippen LogP contribution in [0.4, 0.5) is 5.13 Å². The first-order chi connectivity index (χ1) is 18.8. The number of nitrogens with zero attached hydrogens (tertiary/aromatic N) is 2.